The number of rotatable bonds is 5. The third-order valence-corrected chi connectivity index (χ3v) is 4.96. The molecule has 0 aromatic heterocycles. The minimum atomic E-state index is -4.67. The van der Waals surface area contributed by atoms with Gasteiger partial charge in [0.15, 0.2) is 0 Å². The van der Waals surface area contributed by atoms with E-state index >= 15 is 0 Å². The first-order valence-electron chi connectivity index (χ1n) is 6.73. The van der Waals surface area contributed by atoms with Gasteiger partial charge in [0.2, 0.25) is 5.91 Å². The minimum Gasteiger partial charge on any atom is -0.384 e. The Labute approximate surface area is 139 Å². The molecule has 7 N–H and O–H groups in total. The maximum Gasteiger partial charge on any atom is 0.469 e. The molecular formula is C10H18BrN3O8P+. The van der Waals surface area contributed by atoms with Crippen LogP contribution in [0.4, 0.5) is 4.79 Å². The van der Waals surface area contributed by atoms with Crippen molar-refractivity contribution >= 4 is 35.7 Å². The minimum absolute atomic E-state index is 0.0475. The van der Waals surface area contributed by atoms with E-state index in [0.29, 0.717) is 0 Å². The summed E-state index contributed by atoms with van der Waals surface area (Å²) in [4.78, 5) is 41.2. The lowest BCUT2D eigenvalue weighted by atomic mass is 10.1. The number of quaternary nitrogens is 1. The van der Waals surface area contributed by atoms with Crippen molar-refractivity contribution in [3.05, 3.63) is 0 Å². The van der Waals surface area contributed by atoms with Gasteiger partial charge in [-0.15, -0.1) is 0 Å². The van der Waals surface area contributed by atoms with E-state index in [-0.39, 0.29) is 13.1 Å². The number of nitrogens with zero attached hydrogens (tertiary/aromatic N) is 1. The van der Waals surface area contributed by atoms with Gasteiger partial charge in [-0.3, -0.25) is 14.6 Å². The molecule has 0 aromatic rings. The summed E-state index contributed by atoms with van der Waals surface area (Å²) in [6.07, 6.45) is -2.47. The topological polar surface area (TPSA) is 173 Å². The smallest absolute Gasteiger partial charge is 0.384 e. The van der Waals surface area contributed by atoms with Crippen molar-refractivity contribution < 1.29 is 44.0 Å². The van der Waals surface area contributed by atoms with Crippen LogP contribution in [0.15, 0.2) is 0 Å². The molecule has 13 heteroatoms. The van der Waals surface area contributed by atoms with Crippen LogP contribution in [0.2, 0.25) is 0 Å². The standard InChI is InChI=1S/C10H17BrN3O8P/c11-4-1-14(10(18)13-9(4)17)2-5-7(15)8(16)6(12-5)3-22-23(19,20)21/h4-8,12,15-16H,1-3H2,(H,13,17,18)(H2,19,20,21)/p+1/t4?,5-,6+,7?,8?/m0/s1. The lowest BCUT2D eigenvalue weighted by Gasteiger charge is -2.31. The van der Waals surface area contributed by atoms with Crippen LogP contribution in [0.5, 0.6) is 0 Å². The Morgan fingerprint density at radius 3 is 2.52 bits per heavy atom. The lowest BCUT2D eigenvalue weighted by Crippen LogP contribution is -2.95. The lowest BCUT2D eigenvalue weighted by molar-refractivity contribution is -0.706. The van der Waals surface area contributed by atoms with E-state index in [0.717, 1.165) is 0 Å². The van der Waals surface area contributed by atoms with E-state index in [1.54, 1.807) is 0 Å². The van der Waals surface area contributed by atoms with Crippen LogP contribution >= 0.6 is 23.8 Å². The number of alkyl halides is 1. The summed E-state index contributed by atoms with van der Waals surface area (Å²) in [6, 6.07) is -2.00. The first-order chi connectivity index (χ1) is 10.6. The number of carbonyl (C=O) groups is 2. The summed E-state index contributed by atoms with van der Waals surface area (Å²) in [7, 11) is -4.67. The Bertz CT molecular complexity index is 530. The molecule has 132 valence electrons. The van der Waals surface area contributed by atoms with E-state index < -0.39 is 55.5 Å². The number of phosphoric acid groups is 1. The molecule has 2 saturated heterocycles. The molecule has 0 bridgehead atoms. The fourth-order valence-electron chi connectivity index (χ4n) is 2.59. The van der Waals surface area contributed by atoms with Gasteiger partial charge >= 0.3 is 13.9 Å². The number of aliphatic hydroxyl groups is 2. The second kappa shape index (κ2) is 7.11. The zero-order valence-corrected chi connectivity index (χ0v) is 14.3. The number of hydrogen-bond donors (Lipinski definition) is 6. The highest BCUT2D eigenvalue weighted by Gasteiger charge is 2.47. The third-order valence-electron chi connectivity index (χ3n) is 3.77. The molecule has 2 heterocycles. The van der Waals surface area contributed by atoms with E-state index in [4.69, 9.17) is 9.79 Å². The number of imide groups is 1. The van der Waals surface area contributed by atoms with E-state index in [2.05, 4.69) is 25.8 Å². The fourth-order valence-corrected chi connectivity index (χ4v) is 3.42. The predicted octanol–water partition coefficient (Wildman–Crippen LogP) is -3.55. The molecular weight excluding hydrogens is 401 g/mol. The summed E-state index contributed by atoms with van der Waals surface area (Å²) >= 11 is 3.12. The molecule has 0 aliphatic carbocycles. The van der Waals surface area contributed by atoms with Crippen molar-refractivity contribution in [3.8, 4) is 0 Å². The van der Waals surface area contributed by atoms with Crippen molar-refractivity contribution in [2.45, 2.75) is 29.1 Å². The fraction of sp³-hybridized carbons (Fsp3) is 0.800. The number of halogens is 1. The molecule has 2 aliphatic heterocycles. The van der Waals surface area contributed by atoms with Crippen LogP contribution in [-0.4, -0.2) is 85.7 Å². The molecule has 2 rings (SSSR count). The van der Waals surface area contributed by atoms with Gasteiger partial charge in [0, 0.05) is 6.54 Å². The van der Waals surface area contributed by atoms with Crippen molar-refractivity contribution in [1.82, 2.24) is 10.2 Å². The molecule has 23 heavy (non-hydrogen) atoms. The number of carbonyl (C=O) groups excluding carboxylic acids is 2. The Kier molecular flexibility index (Phi) is 5.80. The quantitative estimate of drug-likeness (QED) is 0.196. The highest BCUT2D eigenvalue weighted by atomic mass is 79.9. The van der Waals surface area contributed by atoms with Gasteiger partial charge in [-0.25, -0.2) is 9.36 Å². The second-order valence-corrected chi connectivity index (χ2v) is 7.80. The van der Waals surface area contributed by atoms with E-state index in [1.165, 1.54) is 10.2 Å². The molecule has 0 saturated carbocycles. The maximum absolute atomic E-state index is 11.8. The van der Waals surface area contributed by atoms with Gasteiger partial charge in [-0.1, -0.05) is 15.9 Å². The SMILES string of the molecule is O=C1NC(=O)N(C[C@@H]2[NH2+][C@H](COP(=O)(O)O)C(O)C2O)CC1Br. The molecule has 2 fully saturated rings. The van der Waals surface area contributed by atoms with Crippen molar-refractivity contribution in [3.63, 3.8) is 0 Å². The van der Waals surface area contributed by atoms with Gasteiger partial charge in [0.1, 0.15) is 35.7 Å². The second-order valence-electron chi connectivity index (χ2n) is 5.45. The summed E-state index contributed by atoms with van der Waals surface area (Å²) in [5.74, 6) is -0.449. The van der Waals surface area contributed by atoms with Crippen molar-refractivity contribution in [2.24, 2.45) is 0 Å². The van der Waals surface area contributed by atoms with Crippen LogP contribution in [0.1, 0.15) is 0 Å². The molecule has 2 aliphatic rings. The number of phosphoric ester groups is 1. The Morgan fingerprint density at radius 2 is 1.91 bits per heavy atom. The first-order valence-corrected chi connectivity index (χ1v) is 9.18. The van der Waals surface area contributed by atoms with Gasteiger partial charge in [-0.2, -0.15) is 0 Å². The van der Waals surface area contributed by atoms with Gasteiger partial charge in [-0.05, 0) is 0 Å². The van der Waals surface area contributed by atoms with E-state index in [1.807, 2.05) is 0 Å². The van der Waals surface area contributed by atoms with E-state index in [9.17, 15) is 24.4 Å². The number of nitrogens with two attached hydrogens (primary N) is 1. The first kappa shape index (κ1) is 18.7. The number of nitrogens with one attached hydrogen (secondary N) is 1. The summed E-state index contributed by atoms with van der Waals surface area (Å²) in [5.41, 5.74) is 0. The molecule has 0 aromatic carbocycles. The van der Waals surface area contributed by atoms with Crippen LogP contribution in [0.3, 0.4) is 0 Å². The number of aliphatic hydroxyl groups excluding tert-OH is 2. The molecule has 5 atom stereocenters. The average Bonchev–Trinajstić information content (AvgIpc) is 2.70. The average molecular weight is 419 g/mol. The summed E-state index contributed by atoms with van der Waals surface area (Å²) in [6.45, 7) is -0.294. The maximum atomic E-state index is 11.8. The number of urea groups is 1. The van der Waals surface area contributed by atoms with Crippen molar-refractivity contribution in [2.75, 3.05) is 19.7 Å². The van der Waals surface area contributed by atoms with Gasteiger partial charge < -0.3 is 30.2 Å². The summed E-state index contributed by atoms with van der Waals surface area (Å²) in [5, 5.41) is 23.6. The van der Waals surface area contributed by atoms with Crippen LogP contribution in [-0.2, 0) is 13.9 Å². The summed E-state index contributed by atoms with van der Waals surface area (Å²) < 4.78 is 15.0. The zero-order valence-electron chi connectivity index (χ0n) is 11.8. The van der Waals surface area contributed by atoms with Crippen LogP contribution in [0.25, 0.3) is 0 Å². The van der Waals surface area contributed by atoms with Gasteiger partial charge in [0.25, 0.3) is 0 Å². The van der Waals surface area contributed by atoms with Crippen molar-refractivity contribution in [1.29, 1.82) is 0 Å². The van der Waals surface area contributed by atoms with Crippen LogP contribution in [0, 0.1) is 0 Å². The van der Waals surface area contributed by atoms with Gasteiger partial charge in [0.05, 0.1) is 6.54 Å². The van der Waals surface area contributed by atoms with Crippen LogP contribution < -0.4 is 10.6 Å². The Balaban J connectivity index is 1.94. The molecule has 0 radical (unpaired) electrons. The predicted molar refractivity (Wildman–Crippen MR) is 77.3 cm³/mol. The monoisotopic (exact) mass is 418 g/mol. The highest BCUT2D eigenvalue weighted by molar-refractivity contribution is 9.10. The number of hydrogen-bond acceptors (Lipinski definition) is 6. The Hall–Kier alpha value is -0.590. The molecule has 3 amide bonds. The Morgan fingerprint density at radius 1 is 1.30 bits per heavy atom. The number of amides is 3. The molecule has 11 nitrogen and oxygen atoms in total. The normalized spacial score (nSPS) is 35.5. The molecule has 0 spiro atoms. The zero-order chi connectivity index (χ0) is 17.4. The third kappa shape index (κ3) is 4.70. The molecule has 3 unspecified atom stereocenters. The highest BCUT2D eigenvalue weighted by Crippen LogP contribution is 2.35. The largest absolute Gasteiger partial charge is 0.469 e.